The zero-order valence-corrected chi connectivity index (χ0v) is 18.1. The van der Waals surface area contributed by atoms with Crippen LogP contribution >= 0.6 is 0 Å². The van der Waals surface area contributed by atoms with Crippen molar-refractivity contribution in [1.82, 2.24) is 9.97 Å². The Morgan fingerprint density at radius 3 is 2.57 bits per heavy atom. The van der Waals surface area contributed by atoms with Gasteiger partial charge in [-0.15, -0.1) is 0 Å². The topological polar surface area (TPSA) is 100.0 Å². The molecular formula is C21H25N3O5S. The molecular weight excluding hydrogens is 406 g/mol. The van der Waals surface area contributed by atoms with Gasteiger partial charge in [-0.3, -0.25) is 9.18 Å². The molecule has 8 nitrogen and oxygen atoms in total. The lowest BCUT2D eigenvalue weighted by atomic mass is 9.74. The minimum absolute atomic E-state index is 0.0231. The van der Waals surface area contributed by atoms with E-state index in [-0.39, 0.29) is 18.1 Å². The molecule has 1 saturated carbocycles. The lowest BCUT2D eigenvalue weighted by molar-refractivity contribution is 0.141. The first-order valence-electron chi connectivity index (χ1n) is 9.96. The second-order valence-electron chi connectivity index (χ2n) is 7.54. The predicted molar refractivity (Wildman–Crippen MR) is 112 cm³/mol. The zero-order valence-electron chi connectivity index (χ0n) is 17.2. The second-order valence-corrected chi connectivity index (χ2v) is 9.14. The van der Waals surface area contributed by atoms with Crippen LogP contribution in [0.3, 0.4) is 0 Å². The van der Waals surface area contributed by atoms with E-state index in [9.17, 15) is 8.42 Å². The van der Waals surface area contributed by atoms with Gasteiger partial charge in [-0.05, 0) is 43.9 Å². The highest BCUT2D eigenvalue weighted by molar-refractivity contribution is 7.86. The summed E-state index contributed by atoms with van der Waals surface area (Å²) in [4.78, 5) is 13.3. The lowest BCUT2D eigenvalue weighted by Crippen LogP contribution is -2.36. The number of hydrogen-bond donors (Lipinski definition) is 0. The molecule has 0 radical (unpaired) electrons. The summed E-state index contributed by atoms with van der Waals surface area (Å²) in [7, 11) is -1.91. The molecule has 4 rings (SSSR count). The van der Waals surface area contributed by atoms with E-state index in [0.717, 1.165) is 35.1 Å². The van der Waals surface area contributed by atoms with E-state index >= 15 is 0 Å². The maximum absolute atomic E-state index is 11.7. The molecule has 2 aromatic rings. The van der Waals surface area contributed by atoms with Crippen LogP contribution in [0, 0.1) is 0 Å². The van der Waals surface area contributed by atoms with Crippen LogP contribution < -0.4 is 9.47 Å². The third-order valence-electron chi connectivity index (χ3n) is 5.50. The first kappa shape index (κ1) is 20.7. The van der Waals surface area contributed by atoms with Crippen LogP contribution in [0.4, 0.5) is 0 Å². The largest absolute Gasteiger partial charge is 0.493 e. The van der Waals surface area contributed by atoms with Gasteiger partial charge >= 0.3 is 0 Å². The molecule has 2 aliphatic rings. The van der Waals surface area contributed by atoms with Gasteiger partial charge in [-0.2, -0.15) is 8.42 Å². The van der Waals surface area contributed by atoms with Crippen molar-refractivity contribution in [3.05, 3.63) is 47.5 Å². The number of aromatic nitrogens is 2. The van der Waals surface area contributed by atoms with Crippen molar-refractivity contribution in [2.75, 3.05) is 20.0 Å². The fraction of sp³-hybridized carbons (Fsp3) is 0.476. The lowest BCUT2D eigenvalue weighted by Gasteiger charge is -2.38. The summed E-state index contributed by atoms with van der Waals surface area (Å²) in [6, 6.07) is 3.95. The van der Waals surface area contributed by atoms with E-state index in [1.54, 1.807) is 19.5 Å². The standard InChI is InChI=1S/C21H25N3O5S/c1-4-28-20-8-15-16-7-14(29-30(3,25)26)5-6-18(16)24-21(13-10-22-12-23-11-13)17(15)9-19(20)27-2/h8-12,14,16,18H,4-7H2,1-3H3/t14-,16-,18-/m1/s1. The molecule has 0 N–H and O–H groups in total. The third-order valence-corrected chi connectivity index (χ3v) is 6.12. The van der Waals surface area contributed by atoms with Crippen molar-refractivity contribution in [3.8, 4) is 11.5 Å². The number of fused-ring (bicyclic) bond motifs is 3. The van der Waals surface area contributed by atoms with Gasteiger partial charge in [0.05, 0.1) is 37.8 Å². The van der Waals surface area contributed by atoms with E-state index in [1.165, 1.54) is 6.33 Å². The monoisotopic (exact) mass is 431 g/mol. The van der Waals surface area contributed by atoms with Crippen molar-refractivity contribution in [3.63, 3.8) is 0 Å². The van der Waals surface area contributed by atoms with Gasteiger partial charge in [0.1, 0.15) is 6.33 Å². The Hall–Kier alpha value is -2.52. The smallest absolute Gasteiger partial charge is 0.264 e. The van der Waals surface area contributed by atoms with Gasteiger partial charge in [-0.25, -0.2) is 9.97 Å². The minimum Gasteiger partial charge on any atom is -0.493 e. The minimum atomic E-state index is -3.52. The van der Waals surface area contributed by atoms with E-state index in [0.29, 0.717) is 30.9 Å². The van der Waals surface area contributed by atoms with Gasteiger partial charge in [0.15, 0.2) is 11.5 Å². The van der Waals surface area contributed by atoms with Crippen molar-refractivity contribution in [1.29, 1.82) is 0 Å². The van der Waals surface area contributed by atoms with Crippen molar-refractivity contribution < 1.29 is 22.1 Å². The summed E-state index contributed by atoms with van der Waals surface area (Å²) in [5.41, 5.74) is 3.62. The van der Waals surface area contributed by atoms with E-state index < -0.39 is 10.1 Å². The van der Waals surface area contributed by atoms with Crippen LogP contribution in [0.2, 0.25) is 0 Å². The summed E-state index contributed by atoms with van der Waals surface area (Å²) >= 11 is 0. The van der Waals surface area contributed by atoms with Gasteiger partial charge in [0.25, 0.3) is 10.1 Å². The highest BCUT2D eigenvalue weighted by Crippen LogP contribution is 2.45. The Morgan fingerprint density at radius 2 is 1.90 bits per heavy atom. The molecule has 1 fully saturated rings. The number of aliphatic imine (C=N–C) groups is 1. The normalized spacial score (nSPS) is 23.2. The molecule has 160 valence electrons. The van der Waals surface area contributed by atoms with Crippen LogP contribution in [-0.2, 0) is 14.3 Å². The fourth-order valence-corrected chi connectivity index (χ4v) is 5.01. The number of methoxy groups -OCH3 is 1. The summed E-state index contributed by atoms with van der Waals surface area (Å²) < 4.78 is 40.0. The number of ether oxygens (including phenoxy) is 2. The van der Waals surface area contributed by atoms with Gasteiger partial charge in [0.2, 0.25) is 0 Å². The molecule has 1 aliphatic heterocycles. The summed E-state index contributed by atoms with van der Waals surface area (Å²) in [6.45, 7) is 2.43. The molecule has 1 aromatic carbocycles. The Balaban J connectivity index is 1.81. The summed E-state index contributed by atoms with van der Waals surface area (Å²) in [6.07, 6.45) is 7.67. The average molecular weight is 432 g/mol. The van der Waals surface area contributed by atoms with Crippen LogP contribution in [-0.4, -0.2) is 56.2 Å². The van der Waals surface area contributed by atoms with E-state index in [4.69, 9.17) is 18.6 Å². The quantitative estimate of drug-likeness (QED) is 0.648. The third kappa shape index (κ3) is 4.17. The summed E-state index contributed by atoms with van der Waals surface area (Å²) in [5.74, 6) is 1.31. The highest BCUT2D eigenvalue weighted by atomic mass is 32.2. The maximum atomic E-state index is 11.7. The molecule has 3 atom stereocenters. The fourth-order valence-electron chi connectivity index (χ4n) is 4.34. The Kier molecular flexibility index (Phi) is 5.75. The molecule has 30 heavy (non-hydrogen) atoms. The highest BCUT2D eigenvalue weighted by Gasteiger charge is 2.39. The van der Waals surface area contributed by atoms with E-state index in [2.05, 4.69) is 9.97 Å². The molecule has 9 heteroatoms. The van der Waals surface area contributed by atoms with E-state index in [1.807, 2.05) is 19.1 Å². The molecule has 1 aromatic heterocycles. The summed E-state index contributed by atoms with van der Waals surface area (Å²) in [5, 5.41) is 0. The van der Waals surface area contributed by atoms with Gasteiger partial charge in [-0.1, -0.05) is 0 Å². The number of hydrogen-bond acceptors (Lipinski definition) is 8. The number of benzene rings is 1. The Labute approximate surface area is 176 Å². The molecule has 1 aliphatic carbocycles. The molecule has 0 amide bonds. The first-order valence-corrected chi connectivity index (χ1v) is 11.8. The van der Waals surface area contributed by atoms with Gasteiger partial charge < -0.3 is 9.47 Å². The molecule has 0 bridgehead atoms. The Bertz CT molecular complexity index is 1060. The zero-order chi connectivity index (χ0) is 21.3. The molecule has 0 spiro atoms. The SMILES string of the molecule is CCOc1cc2c(cc1OC)C(c1cncnc1)=N[C@@H]1CC[C@@H](OS(C)(=O)=O)C[C@H]21. The Morgan fingerprint density at radius 1 is 1.13 bits per heavy atom. The maximum Gasteiger partial charge on any atom is 0.264 e. The predicted octanol–water partition coefficient (Wildman–Crippen LogP) is 2.72. The van der Waals surface area contributed by atoms with Crippen molar-refractivity contribution in [2.24, 2.45) is 4.99 Å². The first-order chi connectivity index (χ1) is 14.4. The number of nitrogens with zero attached hydrogens (tertiary/aromatic N) is 3. The van der Waals surface area contributed by atoms with Crippen LogP contribution in [0.25, 0.3) is 0 Å². The van der Waals surface area contributed by atoms with Crippen LogP contribution in [0.1, 0.15) is 48.8 Å². The second kappa shape index (κ2) is 8.31. The van der Waals surface area contributed by atoms with Crippen molar-refractivity contribution >= 4 is 15.8 Å². The van der Waals surface area contributed by atoms with Crippen molar-refractivity contribution in [2.45, 2.75) is 44.2 Å². The van der Waals surface area contributed by atoms with Gasteiger partial charge in [0, 0.05) is 29.4 Å². The molecule has 0 saturated heterocycles. The van der Waals surface area contributed by atoms with Crippen LogP contribution in [0.5, 0.6) is 11.5 Å². The molecule has 0 unspecified atom stereocenters. The number of rotatable bonds is 6. The van der Waals surface area contributed by atoms with Crippen LogP contribution in [0.15, 0.2) is 35.8 Å². The average Bonchev–Trinajstić information content (AvgIpc) is 2.72. The molecule has 2 heterocycles.